The average molecular weight is 335 g/mol. The van der Waals surface area contributed by atoms with Gasteiger partial charge in [-0.3, -0.25) is 9.48 Å². The van der Waals surface area contributed by atoms with Crippen LogP contribution in [0.3, 0.4) is 0 Å². The number of amides is 1. The Kier molecular flexibility index (Phi) is 5.06. The minimum absolute atomic E-state index is 0.230. The highest BCUT2D eigenvalue weighted by molar-refractivity contribution is 5.98. The molecule has 0 aromatic carbocycles. The monoisotopic (exact) mass is 335 g/mol. The molecule has 0 bridgehead atoms. The lowest BCUT2D eigenvalue weighted by atomic mass is 9.75. The summed E-state index contributed by atoms with van der Waals surface area (Å²) < 4.78 is 1.79. The van der Waals surface area contributed by atoms with E-state index in [4.69, 9.17) is 0 Å². The highest BCUT2D eigenvalue weighted by Crippen LogP contribution is 2.34. The summed E-state index contributed by atoms with van der Waals surface area (Å²) in [7, 11) is 0. The molecule has 0 radical (unpaired) electrons. The summed E-state index contributed by atoms with van der Waals surface area (Å²) in [5.41, 5.74) is -0.184. The summed E-state index contributed by atoms with van der Waals surface area (Å²) >= 11 is 0. The van der Waals surface area contributed by atoms with Gasteiger partial charge in [0.1, 0.15) is 5.54 Å². The minimum atomic E-state index is -1.15. The molecule has 0 saturated heterocycles. The Labute approximate surface area is 143 Å². The number of hydrogen-bond donors (Lipinski definition) is 2. The number of aromatic nitrogens is 2. The third kappa shape index (κ3) is 3.47. The van der Waals surface area contributed by atoms with Crippen molar-refractivity contribution < 1.29 is 14.7 Å². The maximum Gasteiger partial charge on any atom is 0.329 e. The predicted octanol–water partition coefficient (Wildman–Crippen LogP) is 3.10. The van der Waals surface area contributed by atoms with Crippen molar-refractivity contribution in [2.24, 2.45) is 5.92 Å². The van der Waals surface area contributed by atoms with Gasteiger partial charge >= 0.3 is 5.97 Å². The quantitative estimate of drug-likeness (QED) is 0.885. The van der Waals surface area contributed by atoms with E-state index >= 15 is 0 Å². The molecule has 0 atom stereocenters. The Hall–Kier alpha value is -1.85. The van der Waals surface area contributed by atoms with Crippen LogP contribution in [-0.4, -0.2) is 32.3 Å². The van der Waals surface area contributed by atoms with Crippen LogP contribution in [0.25, 0.3) is 0 Å². The van der Waals surface area contributed by atoms with Crippen LogP contribution in [0.5, 0.6) is 0 Å². The summed E-state index contributed by atoms with van der Waals surface area (Å²) in [4.78, 5) is 24.6. The van der Waals surface area contributed by atoms with Crippen molar-refractivity contribution in [3.63, 3.8) is 0 Å². The topological polar surface area (TPSA) is 84.2 Å². The van der Waals surface area contributed by atoms with Crippen LogP contribution < -0.4 is 5.32 Å². The molecule has 1 aromatic heterocycles. The van der Waals surface area contributed by atoms with Gasteiger partial charge in [0, 0.05) is 5.69 Å². The van der Waals surface area contributed by atoms with Crippen molar-refractivity contribution in [1.29, 1.82) is 0 Å². The molecule has 6 heteroatoms. The lowest BCUT2D eigenvalue weighted by Crippen LogP contribution is -2.56. The zero-order valence-electron chi connectivity index (χ0n) is 15.3. The summed E-state index contributed by atoms with van der Waals surface area (Å²) in [5.74, 6) is -0.730. The van der Waals surface area contributed by atoms with Gasteiger partial charge in [-0.15, -0.1) is 0 Å². The smallest absolute Gasteiger partial charge is 0.329 e. The summed E-state index contributed by atoms with van der Waals surface area (Å²) in [6, 6.07) is 0. The molecule has 1 aliphatic rings. The van der Waals surface area contributed by atoms with Crippen LogP contribution in [0.4, 0.5) is 0 Å². The standard InChI is InChI=1S/C18H29N3O3/c1-6-13-7-9-18(10-8-13,16(23)24)20-15(22)14-11-19-21(12(14)2)17(3,4)5/h11,13H,6-10H2,1-5H3,(H,20,22)(H,23,24). The van der Waals surface area contributed by atoms with Gasteiger partial charge in [-0.2, -0.15) is 5.10 Å². The molecule has 0 unspecified atom stereocenters. The summed E-state index contributed by atoms with van der Waals surface area (Å²) in [5, 5.41) is 16.8. The number of rotatable bonds is 4. The lowest BCUT2D eigenvalue weighted by Gasteiger charge is -2.37. The van der Waals surface area contributed by atoms with Crippen molar-refractivity contribution >= 4 is 11.9 Å². The third-order valence-corrected chi connectivity index (χ3v) is 5.19. The minimum Gasteiger partial charge on any atom is -0.480 e. The van der Waals surface area contributed by atoms with E-state index in [1.54, 1.807) is 4.68 Å². The Morgan fingerprint density at radius 3 is 2.38 bits per heavy atom. The predicted molar refractivity (Wildman–Crippen MR) is 92.0 cm³/mol. The fourth-order valence-corrected chi connectivity index (χ4v) is 3.56. The van der Waals surface area contributed by atoms with E-state index in [0.717, 1.165) is 25.0 Å². The second-order valence-corrected chi connectivity index (χ2v) is 7.92. The van der Waals surface area contributed by atoms with Crippen LogP contribution in [0.15, 0.2) is 6.20 Å². The molecule has 0 aliphatic heterocycles. The van der Waals surface area contributed by atoms with Gasteiger partial charge in [-0.1, -0.05) is 13.3 Å². The van der Waals surface area contributed by atoms with E-state index in [0.29, 0.717) is 24.3 Å². The van der Waals surface area contributed by atoms with Crippen LogP contribution >= 0.6 is 0 Å². The zero-order valence-corrected chi connectivity index (χ0v) is 15.3. The number of carbonyl (C=O) groups is 2. The number of hydrogen-bond acceptors (Lipinski definition) is 3. The number of aliphatic carboxylic acids is 1. The zero-order chi connectivity index (χ0) is 18.1. The maximum atomic E-state index is 12.7. The van der Waals surface area contributed by atoms with Crippen molar-refractivity contribution in [3.8, 4) is 0 Å². The van der Waals surface area contributed by atoms with E-state index in [2.05, 4.69) is 17.3 Å². The van der Waals surface area contributed by atoms with Crippen LogP contribution in [0, 0.1) is 12.8 Å². The Morgan fingerprint density at radius 2 is 1.96 bits per heavy atom. The van der Waals surface area contributed by atoms with Crippen LogP contribution in [-0.2, 0) is 10.3 Å². The Morgan fingerprint density at radius 1 is 1.38 bits per heavy atom. The normalized spacial score (nSPS) is 24.6. The molecule has 2 rings (SSSR count). The first-order valence-corrected chi connectivity index (χ1v) is 8.71. The lowest BCUT2D eigenvalue weighted by molar-refractivity contribution is -0.146. The second kappa shape index (κ2) is 6.57. The molecule has 1 fully saturated rings. The highest BCUT2D eigenvalue weighted by atomic mass is 16.4. The Bertz CT molecular complexity index is 620. The van der Waals surface area contributed by atoms with E-state index in [1.165, 1.54) is 6.20 Å². The molecule has 1 saturated carbocycles. The largest absolute Gasteiger partial charge is 0.480 e. The van der Waals surface area contributed by atoms with Gasteiger partial charge in [-0.25, -0.2) is 4.79 Å². The molecule has 1 heterocycles. The van der Waals surface area contributed by atoms with Crippen LogP contribution in [0.2, 0.25) is 0 Å². The van der Waals surface area contributed by atoms with Gasteiger partial charge in [0.2, 0.25) is 0 Å². The van der Waals surface area contributed by atoms with Gasteiger partial charge in [-0.05, 0) is 59.3 Å². The fourth-order valence-electron chi connectivity index (χ4n) is 3.56. The molecule has 0 spiro atoms. The molecular formula is C18H29N3O3. The number of carboxylic acid groups (broad SMARTS) is 1. The van der Waals surface area contributed by atoms with Gasteiger partial charge in [0.05, 0.1) is 17.3 Å². The van der Waals surface area contributed by atoms with E-state index in [1.807, 2.05) is 27.7 Å². The molecule has 1 amide bonds. The number of carboxylic acids is 1. The van der Waals surface area contributed by atoms with E-state index < -0.39 is 11.5 Å². The maximum absolute atomic E-state index is 12.7. The summed E-state index contributed by atoms with van der Waals surface area (Å²) in [6.07, 6.45) is 5.23. The molecule has 6 nitrogen and oxygen atoms in total. The summed E-state index contributed by atoms with van der Waals surface area (Å²) in [6.45, 7) is 10.0. The van der Waals surface area contributed by atoms with Crippen LogP contribution in [0.1, 0.15) is 75.9 Å². The Balaban J connectivity index is 2.21. The molecular weight excluding hydrogens is 306 g/mol. The molecule has 134 valence electrons. The van der Waals surface area contributed by atoms with Crippen molar-refractivity contribution in [2.75, 3.05) is 0 Å². The van der Waals surface area contributed by atoms with Crippen molar-refractivity contribution in [3.05, 3.63) is 17.5 Å². The van der Waals surface area contributed by atoms with Gasteiger partial charge < -0.3 is 10.4 Å². The average Bonchev–Trinajstić information content (AvgIpc) is 2.89. The SMILES string of the molecule is CCC1CCC(NC(=O)c2cnn(C(C)(C)C)c2C)(C(=O)O)CC1. The second-order valence-electron chi connectivity index (χ2n) is 7.92. The number of nitrogens with one attached hydrogen (secondary N) is 1. The van der Waals surface area contributed by atoms with Gasteiger partial charge in [0.15, 0.2) is 0 Å². The molecule has 1 aliphatic carbocycles. The number of nitrogens with zero attached hydrogens (tertiary/aromatic N) is 2. The highest BCUT2D eigenvalue weighted by Gasteiger charge is 2.43. The van der Waals surface area contributed by atoms with Crippen molar-refractivity contribution in [2.45, 2.75) is 77.8 Å². The fraction of sp³-hybridized carbons (Fsp3) is 0.722. The molecule has 24 heavy (non-hydrogen) atoms. The first-order chi connectivity index (χ1) is 11.1. The first-order valence-electron chi connectivity index (χ1n) is 8.71. The third-order valence-electron chi connectivity index (χ3n) is 5.19. The number of carbonyl (C=O) groups excluding carboxylic acids is 1. The molecule has 1 aromatic rings. The van der Waals surface area contributed by atoms with Crippen molar-refractivity contribution in [1.82, 2.24) is 15.1 Å². The molecule has 2 N–H and O–H groups in total. The van der Waals surface area contributed by atoms with Gasteiger partial charge in [0.25, 0.3) is 5.91 Å². The van der Waals surface area contributed by atoms with E-state index in [-0.39, 0.29) is 11.4 Å². The first kappa shape index (κ1) is 18.5. The van der Waals surface area contributed by atoms with E-state index in [9.17, 15) is 14.7 Å².